The molecule has 0 radical (unpaired) electrons. The molecule has 1 aromatic carbocycles. The third-order valence-corrected chi connectivity index (χ3v) is 3.22. The van der Waals surface area contributed by atoms with Crippen LogP contribution in [0.3, 0.4) is 0 Å². The Hall–Kier alpha value is -1.31. The second kappa shape index (κ2) is 4.47. The van der Waals surface area contributed by atoms with E-state index < -0.39 is 5.97 Å². The Balaban J connectivity index is 1.96. The molecule has 1 N–H and O–H groups in total. The van der Waals surface area contributed by atoms with Crippen molar-refractivity contribution in [3.63, 3.8) is 0 Å². The van der Waals surface area contributed by atoms with Crippen molar-refractivity contribution in [2.45, 2.75) is 32.1 Å². The zero-order chi connectivity index (χ0) is 10.7. The lowest BCUT2D eigenvalue weighted by molar-refractivity contribution is -0.137. The SMILES string of the molecule is O=C(O)CC[C@@H]1CCc2ccccc2C1. The number of benzene rings is 1. The number of fused-ring (bicyclic) bond motifs is 1. The fourth-order valence-electron chi connectivity index (χ4n) is 2.35. The van der Waals surface area contributed by atoms with Crippen LogP contribution in [0.25, 0.3) is 0 Å². The van der Waals surface area contributed by atoms with Gasteiger partial charge in [-0.1, -0.05) is 24.3 Å². The fraction of sp³-hybridized carbons (Fsp3) is 0.462. The van der Waals surface area contributed by atoms with Crippen LogP contribution in [0.2, 0.25) is 0 Å². The topological polar surface area (TPSA) is 37.3 Å². The predicted octanol–water partition coefficient (Wildman–Crippen LogP) is 2.66. The van der Waals surface area contributed by atoms with Crippen molar-refractivity contribution < 1.29 is 9.90 Å². The Bertz CT molecular complexity index is 357. The highest BCUT2D eigenvalue weighted by Gasteiger charge is 2.18. The van der Waals surface area contributed by atoms with Gasteiger partial charge < -0.3 is 5.11 Å². The van der Waals surface area contributed by atoms with Gasteiger partial charge in [-0.25, -0.2) is 0 Å². The molecule has 0 heterocycles. The van der Waals surface area contributed by atoms with Gasteiger partial charge in [-0.2, -0.15) is 0 Å². The number of carboxylic acid groups (broad SMARTS) is 1. The molecule has 2 nitrogen and oxygen atoms in total. The van der Waals surface area contributed by atoms with Crippen molar-refractivity contribution in [1.29, 1.82) is 0 Å². The van der Waals surface area contributed by atoms with Crippen LogP contribution in [0.4, 0.5) is 0 Å². The molecule has 2 rings (SSSR count). The maximum Gasteiger partial charge on any atom is 0.303 e. The lowest BCUT2D eigenvalue weighted by atomic mass is 9.82. The summed E-state index contributed by atoms with van der Waals surface area (Å²) in [5.41, 5.74) is 2.86. The highest BCUT2D eigenvalue weighted by Crippen LogP contribution is 2.27. The molecule has 0 aromatic heterocycles. The van der Waals surface area contributed by atoms with Crippen molar-refractivity contribution in [3.05, 3.63) is 35.4 Å². The Morgan fingerprint density at radius 2 is 2.07 bits per heavy atom. The molecule has 0 aliphatic heterocycles. The molecule has 2 heteroatoms. The van der Waals surface area contributed by atoms with E-state index >= 15 is 0 Å². The van der Waals surface area contributed by atoms with E-state index in [0.29, 0.717) is 12.3 Å². The summed E-state index contributed by atoms with van der Waals surface area (Å²) in [7, 11) is 0. The summed E-state index contributed by atoms with van der Waals surface area (Å²) < 4.78 is 0. The zero-order valence-corrected chi connectivity index (χ0v) is 8.78. The maximum atomic E-state index is 10.5. The van der Waals surface area contributed by atoms with Gasteiger partial charge in [0.25, 0.3) is 0 Å². The largest absolute Gasteiger partial charge is 0.481 e. The van der Waals surface area contributed by atoms with E-state index in [4.69, 9.17) is 5.11 Å². The van der Waals surface area contributed by atoms with E-state index in [-0.39, 0.29) is 0 Å². The number of hydrogen-bond acceptors (Lipinski definition) is 1. The maximum absolute atomic E-state index is 10.5. The summed E-state index contributed by atoms with van der Waals surface area (Å²) in [6.07, 6.45) is 4.45. The number of rotatable bonds is 3. The molecular weight excluding hydrogens is 188 g/mol. The van der Waals surface area contributed by atoms with Gasteiger partial charge >= 0.3 is 5.97 Å². The minimum atomic E-state index is -0.672. The van der Waals surface area contributed by atoms with Crippen molar-refractivity contribution in [2.75, 3.05) is 0 Å². The van der Waals surface area contributed by atoms with Crippen molar-refractivity contribution in [1.82, 2.24) is 0 Å². The fourth-order valence-corrected chi connectivity index (χ4v) is 2.35. The molecule has 1 atom stereocenters. The predicted molar refractivity (Wildman–Crippen MR) is 58.8 cm³/mol. The first kappa shape index (κ1) is 10.2. The number of hydrogen-bond donors (Lipinski definition) is 1. The minimum Gasteiger partial charge on any atom is -0.481 e. The van der Waals surface area contributed by atoms with Gasteiger partial charge in [0.05, 0.1) is 0 Å². The summed E-state index contributed by atoms with van der Waals surface area (Å²) in [5, 5.41) is 8.64. The molecule has 0 spiro atoms. The van der Waals surface area contributed by atoms with Crippen LogP contribution in [0.1, 0.15) is 30.4 Å². The second-order valence-corrected chi connectivity index (χ2v) is 4.31. The normalized spacial score (nSPS) is 19.6. The highest BCUT2D eigenvalue weighted by atomic mass is 16.4. The first-order valence-corrected chi connectivity index (χ1v) is 5.54. The molecule has 0 unspecified atom stereocenters. The molecule has 1 aliphatic rings. The molecular formula is C13H16O2. The monoisotopic (exact) mass is 204 g/mol. The average molecular weight is 204 g/mol. The standard InChI is InChI=1S/C13H16O2/c14-13(15)8-6-10-5-7-11-3-1-2-4-12(11)9-10/h1-4,10H,5-9H2,(H,14,15)/t10-/m0/s1. The van der Waals surface area contributed by atoms with Crippen molar-refractivity contribution >= 4 is 5.97 Å². The molecule has 0 bridgehead atoms. The third kappa shape index (κ3) is 2.58. The highest BCUT2D eigenvalue weighted by molar-refractivity contribution is 5.66. The summed E-state index contributed by atoms with van der Waals surface area (Å²) in [6, 6.07) is 8.50. The van der Waals surface area contributed by atoms with Crippen molar-refractivity contribution in [2.24, 2.45) is 5.92 Å². The average Bonchev–Trinajstić information content (AvgIpc) is 2.26. The van der Waals surface area contributed by atoms with E-state index in [1.54, 1.807) is 0 Å². The van der Waals surface area contributed by atoms with E-state index in [2.05, 4.69) is 24.3 Å². The number of carbonyl (C=O) groups is 1. The molecule has 0 saturated carbocycles. The Morgan fingerprint density at radius 1 is 1.33 bits per heavy atom. The Labute approximate surface area is 89.9 Å². The second-order valence-electron chi connectivity index (χ2n) is 4.31. The lowest BCUT2D eigenvalue weighted by Crippen LogP contribution is -2.15. The first-order valence-electron chi connectivity index (χ1n) is 5.54. The van der Waals surface area contributed by atoms with Crippen LogP contribution in [0, 0.1) is 5.92 Å². The number of carboxylic acids is 1. The van der Waals surface area contributed by atoms with Gasteiger partial charge in [0.1, 0.15) is 0 Å². The number of aliphatic carboxylic acids is 1. The molecule has 0 amide bonds. The molecule has 1 aliphatic carbocycles. The molecule has 1 aromatic rings. The third-order valence-electron chi connectivity index (χ3n) is 3.22. The molecule has 0 saturated heterocycles. The molecule has 0 fully saturated rings. The zero-order valence-electron chi connectivity index (χ0n) is 8.78. The van der Waals surface area contributed by atoms with E-state index in [1.807, 2.05) is 0 Å². The van der Waals surface area contributed by atoms with E-state index in [1.165, 1.54) is 11.1 Å². The van der Waals surface area contributed by atoms with Crippen LogP contribution in [0.15, 0.2) is 24.3 Å². The first-order chi connectivity index (χ1) is 7.25. The summed E-state index contributed by atoms with van der Waals surface area (Å²) in [4.78, 5) is 10.5. The van der Waals surface area contributed by atoms with Gasteiger partial charge in [0.15, 0.2) is 0 Å². The minimum absolute atomic E-state index is 0.312. The Kier molecular flexibility index (Phi) is 3.05. The summed E-state index contributed by atoms with van der Waals surface area (Å²) in [5.74, 6) is -0.107. The van der Waals surface area contributed by atoms with Gasteiger partial charge in [-0.3, -0.25) is 4.79 Å². The van der Waals surface area contributed by atoms with E-state index in [9.17, 15) is 4.79 Å². The van der Waals surface area contributed by atoms with Crippen LogP contribution < -0.4 is 0 Å². The quantitative estimate of drug-likeness (QED) is 0.821. The van der Waals surface area contributed by atoms with Gasteiger partial charge in [-0.05, 0) is 42.7 Å². The van der Waals surface area contributed by atoms with Crippen molar-refractivity contribution in [3.8, 4) is 0 Å². The van der Waals surface area contributed by atoms with Crippen LogP contribution in [-0.2, 0) is 17.6 Å². The van der Waals surface area contributed by atoms with E-state index in [0.717, 1.165) is 25.7 Å². The molecule has 80 valence electrons. The van der Waals surface area contributed by atoms with Crippen LogP contribution in [-0.4, -0.2) is 11.1 Å². The van der Waals surface area contributed by atoms with Crippen LogP contribution in [0.5, 0.6) is 0 Å². The van der Waals surface area contributed by atoms with Crippen LogP contribution >= 0.6 is 0 Å². The lowest BCUT2D eigenvalue weighted by Gasteiger charge is -2.23. The smallest absolute Gasteiger partial charge is 0.303 e. The molecule has 15 heavy (non-hydrogen) atoms. The number of aryl methyl sites for hydroxylation is 1. The Morgan fingerprint density at radius 3 is 2.80 bits per heavy atom. The van der Waals surface area contributed by atoms with Gasteiger partial charge in [0, 0.05) is 6.42 Å². The van der Waals surface area contributed by atoms with Gasteiger partial charge in [-0.15, -0.1) is 0 Å². The van der Waals surface area contributed by atoms with Gasteiger partial charge in [0.2, 0.25) is 0 Å². The summed E-state index contributed by atoms with van der Waals surface area (Å²) >= 11 is 0. The summed E-state index contributed by atoms with van der Waals surface area (Å²) in [6.45, 7) is 0.